The van der Waals surface area contributed by atoms with Gasteiger partial charge in [0.15, 0.2) is 0 Å². The summed E-state index contributed by atoms with van der Waals surface area (Å²) in [6.45, 7) is 12.8. The number of unbranched alkanes of at least 4 members (excludes halogenated alkanes) is 1. The standard InChI is InChI=1S/C12H28N2/c1-4-10-14(11-5-2)12-8-7-9-13-6-3/h13H,4-12H2,1-3H3. The second kappa shape index (κ2) is 11.0. The van der Waals surface area contributed by atoms with Crippen LogP contribution in [-0.4, -0.2) is 37.6 Å². The third-order valence-electron chi connectivity index (χ3n) is 2.41. The van der Waals surface area contributed by atoms with Crippen LogP contribution in [0.4, 0.5) is 0 Å². The highest BCUT2D eigenvalue weighted by molar-refractivity contribution is 4.57. The molecule has 0 heterocycles. The van der Waals surface area contributed by atoms with Crippen molar-refractivity contribution in [1.82, 2.24) is 10.2 Å². The van der Waals surface area contributed by atoms with Gasteiger partial charge in [0.05, 0.1) is 0 Å². The SMILES string of the molecule is CCCN(CCC)CCCCNCC. The molecule has 0 unspecified atom stereocenters. The molecule has 0 amide bonds. The molecular formula is C12H28N2. The fourth-order valence-electron chi connectivity index (χ4n) is 1.73. The second-order valence-corrected chi connectivity index (χ2v) is 3.90. The summed E-state index contributed by atoms with van der Waals surface area (Å²) in [6.07, 6.45) is 5.23. The van der Waals surface area contributed by atoms with Crippen LogP contribution in [-0.2, 0) is 0 Å². The quantitative estimate of drug-likeness (QED) is 0.545. The molecule has 0 spiro atoms. The number of rotatable bonds is 10. The molecule has 86 valence electrons. The topological polar surface area (TPSA) is 15.3 Å². The van der Waals surface area contributed by atoms with Gasteiger partial charge in [-0.3, -0.25) is 0 Å². The number of nitrogens with zero attached hydrogens (tertiary/aromatic N) is 1. The molecule has 2 heteroatoms. The Kier molecular flexibility index (Phi) is 10.9. The summed E-state index contributed by atoms with van der Waals surface area (Å²) in [5, 5.41) is 3.37. The smallest absolute Gasteiger partial charge is 0.00183 e. The van der Waals surface area contributed by atoms with Crippen molar-refractivity contribution in [3.63, 3.8) is 0 Å². The van der Waals surface area contributed by atoms with E-state index in [-0.39, 0.29) is 0 Å². The Balaban J connectivity index is 3.30. The van der Waals surface area contributed by atoms with Gasteiger partial charge in [0, 0.05) is 0 Å². The molecule has 0 aliphatic rings. The van der Waals surface area contributed by atoms with E-state index in [1.54, 1.807) is 0 Å². The van der Waals surface area contributed by atoms with Gasteiger partial charge in [0.1, 0.15) is 0 Å². The van der Waals surface area contributed by atoms with Gasteiger partial charge in [0.25, 0.3) is 0 Å². The minimum absolute atomic E-state index is 1.10. The summed E-state index contributed by atoms with van der Waals surface area (Å²) >= 11 is 0. The van der Waals surface area contributed by atoms with E-state index in [4.69, 9.17) is 0 Å². The van der Waals surface area contributed by atoms with Crippen molar-refractivity contribution in [2.75, 3.05) is 32.7 Å². The lowest BCUT2D eigenvalue weighted by atomic mass is 10.2. The maximum absolute atomic E-state index is 3.37. The molecule has 0 radical (unpaired) electrons. The molecule has 0 aromatic carbocycles. The fourth-order valence-corrected chi connectivity index (χ4v) is 1.73. The van der Waals surface area contributed by atoms with E-state index in [1.807, 2.05) is 0 Å². The van der Waals surface area contributed by atoms with Gasteiger partial charge < -0.3 is 10.2 Å². The molecule has 14 heavy (non-hydrogen) atoms. The molecule has 0 saturated carbocycles. The summed E-state index contributed by atoms with van der Waals surface area (Å²) in [7, 11) is 0. The summed E-state index contributed by atoms with van der Waals surface area (Å²) < 4.78 is 0. The summed E-state index contributed by atoms with van der Waals surface area (Å²) in [4.78, 5) is 2.59. The normalized spacial score (nSPS) is 11.1. The minimum Gasteiger partial charge on any atom is -0.317 e. The van der Waals surface area contributed by atoms with Crippen LogP contribution in [0.25, 0.3) is 0 Å². The molecule has 0 atom stereocenters. The number of nitrogens with one attached hydrogen (secondary N) is 1. The predicted octanol–water partition coefficient (Wildman–Crippen LogP) is 2.50. The van der Waals surface area contributed by atoms with E-state index < -0.39 is 0 Å². The highest BCUT2D eigenvalue weighted by Gasteiger charge is 2.00. The van der Waals surface area contributed by atoms with Crippen molar-refractivity contribution >= 4 is 0 Å². The first-order valence-electron chi connectivity index (χ1n) is 6.28. The Labute approximate surface area is 90.1 Å². The van der Waals surface area contributed by atoms with E-state index in [0.29, 0.717) is 0 Å². The van der Waals surface area contributed by atoms with Gasteiger partial charge >= 0.3 is 0 Å². The van der Waals surface area contributed by atoms with Gasteiger partial charge in [-0.2, -0.15) is 0 Å². The Hall–Kier alpha value is -0.0800. The summed E-state index contributed by atoms with van der Waals surface area (Å²) in [5.41, 5.74) is 0. The Bertz CT molecular complexity index is 98.5. The first-order valence-corrected chi connectivity index (χ1v) is 6.28. The molecular weight excluding hydrogens is 172 g/mol. The molecule has 0 aliphatic carbocycles. The zero-order valence-electron chi connectivity index (χ0n) is 10.3. The molecule has 0 rings (SSSR count). The summed E-state index contributed by atoms with van der Waals surface area (Å²) in [6, 6.07) is 0. The van der Waals surface area contributed by atoms with E-state index in [2.05, 4.69) is 31.0 Å². The van der Waals surface area contributed by atoms with Crippen LogP contribution >= 0.6 is 0 Å². The van der Waals surface area contributed by atoms with Crippen LogP contribution in [0, 0.1) is 0 Å². The largest absolute Gasteiger partial charge is 0.317 e. The molecule has 0 aromatic rings. The van der Waals surface area contributed by atoms with E-state index in [9.17, 15) is 0 Å². The maximum Gasteiger partial charge on any atom is -0.00183 e. The van der Waals surface area contributed by atoms with Crippen LogP contribution in [0.3, 0.4) is 0 Å². The summed E-state index contributed by atoms with van der Waals surface area (Å²) in [5.74, 6) is 0. The highest BCUT2D eigenvalue weighted by Crippen LogP contribution is 1.98. The van der Waals surface area contributed by atoms with Gasteiger partial charge in [-0.25, -0.2) is 0 Å². The Morgan fingerprint density at radius 2 is 1.50 bits per heavy atom. The van der Waals surface area contributed by atoms with Crippen molar-refractivity contribution in [2.24, 2.45) is 0 Å². The molecule has 1 N–H and O–H groups in total. The molecule has 0 aromatic heterocycles. The van der Waals surface area contributed by atoms with Gasteiger partial charge in [0.2, 0.25) is 0 Å². The highest BCUT2D eigenvalue weighted by atomic mass is 15.1. The van der Waals surface area contributed by atoms with Crippen LogP contribution < -0.4 is 5.32 Å². The average Bonchev–Trinajstić information content (AvgIpc) is 2.18. The third-order valence-corrected chi connectivity index (χ3v) is 2.41. The van der Waals surface area contributed by atoms with E-state index >= 15 is 0 Å². The zero-order valence-corrected chi connectivity index (χ0v) is 10.3. The lowest BCUT2D eigenvalue weighted by Crippen LogP contribution is -2.27. The lowest BCUT2D eigenvalue weighted by molar-refractivity contribution is 0.268. The molecule has 0 aliphatic heterocycles. The van der Waals surface area contributed by atoms with Crippen molar-refractivity contribution in [1.29, 1.82) is 0 Å². The molecule has 2 nitrogen and oxygen atoms in total. The fraction of sp³-hybridized carbons (Fsp3) is 1.00. The van der Waals surface area contributed by atoms with Crippen molar-refractivity contribution in [3.8, 4) is 0 Å². The number of hydrogen-bond acceptors (Lipinski definition) is 2. The maximum atomic E-state index is 3.37. The van der Waals surface area contributed by atoms with Crippen molar-refractivity contribution < 1.29 is 0 Å². The van der Waals surface area contributed by atoms with E-state index in [1.165, 1.54) is 51.9 Å². The van der Waals surface area contributed by atoms with Gasteiger partial charge in [-0.1, -0.05) is 20.8 Å². The predicted molar refractivity (Wildman–Crippen MR) is 64.8 cm³/mol. The van der Waals surface area contributed by atoms with Crippen molar-refractivity contribution in [3.05, 3.63) is 0 Å². The molecule has 0 bridgehead atoms. The van der Waals surface area contributed by atoms with Crippen molar-refractivity contribution in [2.45, 2.75) is 46.5 Å². The Morgan fingerprint density at radius 3 is 2.00 bits per heavy atom. The van der Waals surface area contributed by atoms with Gasteiger partial charge in [-0.05, 0) is 58.4 Å². The first-order chi connectivity index (χ1) is 6.85. The lowest BCUT2D eigenvalue weighted by Gasteiger charge is -2.20. The minimum atomic E-state index is 1.10. The van der Waals surface area contributed by atoms with E-state index in [0.717, 1.165) is 6.54 Å². The van der Waals surface area contributed by atoms with Crippen LogP contribution in [0.15, 0.2) is 0 Å². The zero-order chi connectivity index (χ0) is 10.6. The Morgan fingerprint density at radius 1 is 0.857 bits per heavy atom. The average molecular weight is 200 g/mol. The second-order valence-electron chi connectivity index (χ2n) is 3.90. The first kappa shape index (κ1) is 13.9. The van der Waals surface area contributed by atoms with Gasteiger partial charge in [-0.15, -0.1) is 0 Å². The van der Waals surface area contributed by atoms with Crippen LogP contribution in [0.5, 0.6) is 0 Å². The monoisotopic (exact) mass is 200 g/mol. The molecule has 0 fully saturated rings. The number of hydrogen-bond donors (Lipinski definition) is 1. The molecule has 0 saturated heterocycles. The van der Waals surface area contributed by atoms with Crippen LogP contribution in [0.1, 0.15) is 46.5 Å². The third kappa shape index (κ3) is 8.52. The van der Waals surface area contributed by atoms with Crippen LogP contribution in [0.2, 0.25) is 0 Å².